The molecule has 98 valence electrons. The standard InChI is InChI=1S/C14H12F2N2O/c15-11-5-12(16)7-13(6-11)18-8-9-2-1-3-10(4-9)14(17)19/h1-7,18H,8H2,(H2,17,19). The number of carbonyl (C=O) groups is 1. The zero-order valence-corrected chi connectivity index (χ0v) is 9.99. The topological polar surface area (TPSA) is 55.1 Å². The molecule has 2 aromatic carbocycles. The van der Waals surface area contributed by atoms with Gasteiger partial charge in [0.2, 0.25) is 5.91 Å². The molecule has 5 heteroatoms. The van der Waals surface area contributed by atoms with Gasteiger partial charge in [0.25, 0.3) is 0 Å². The first-order valence-electron chi connectivity index (χ1n) is 5.63. The van der Waals surface area contributed by atoms with E-state index in [1.54, 1.807) is 24.3 Å². The molecule has 0 bridgehead atoms. The highest BCUT2D eigenvalue weighted by Crippen LogP contribution is 2.14. The third kappa shape index (κ3) is 3.51. The molecule has 0 spiro atoms. The van der Waals surface area contributed by atoms with Crippen LogP contribution in [-0.2, 0) is 6.54 Å². The lowest BCUT2D eigenvalue weighted by atomic mass is 10.1. The van der Waals surface area contributed by atoms with Crippen molar-refractivity contribution in [3.63, 3.8) is 0 Å². The summed E-state index contributed by atoms with van der Waals surface area (Å²) in [4.78, 5) is 11.0. The van der Waals surface area contributed by atoms with Gasteiger partial charge in [0, 0.05) is 23.9 Å². The molecule has 0 atom stereocenters. The summed E-state index contributed by atoms with van der Waals surface area (Å²) in [7, 11) is 0. The monoisotopic (exact) mass is 262 g/mol. The second-order valence-corrected chi connectivity index (χ2v) is 4.08. The molecule has 1 amide bonds. The molecule has 2 rings (SSSR count). The number of hydrogen-bond donors (Lipinski definition) is 2. The molecule has 0 saturated heterocycles. The van der Waals surface area contributed by atoms with Gasteiger partial charge < -0.3 is 11.1 Å². The smallest absolute Gasteiger partial charge is 0.248 e. The van der Waals surface area contributed by atoms with Gasteiger partial charge in [0.15, 0.2) is 0 Å². The van der Waals surface area contributed by atoms with Crippen molar-refractivity contribution >= 4 is 11.6 Å². The normalized spacial score (nSPS) is 10.2. The van der Waals surface area contributed by atoms with E-state index in [2.05, 4.69) is 5.32 Å². The number of amides is 1. The van der Waals surface area contributed by atoms with Crippen LogP contribution in [0.4, 0.5) is 14.5 Å². The third-order valence-corrected chi connectivity index (χ3v) is 2.57. The summed E-state index contributed by atoms with van der Waals surface area (Å²) in [5, 5.41) is 2.88. The van der Waals surface area contributed by atoms with Gasteiger partial charge in [-0.3, -0.25) is 4.79 Å². The van der Waals surface area contributed by atoms with Gasteiger partial charge in [-0.2, -0.15) is 0 Å². The molecule has 19 heavy (non-hydrogen) atoms. The number of halogens is 2. The number of nitrogens with one attached hydrogen (secondary N) is 1. The first-order chi connectivity index (χ1) is 9.04. The van der Waals surface area contributed by atoms with Gasteiger partial charge in [0.1, 0.15) is 11.6 Å². The van der Waals surface area contributed by atoms with Gasteiger partial charge in [-0.1, -0.05) is 12.1 Å². The van der Waals surface area contributed by atoms with Gasteiger partial charge in [-0.05, 0) is 29.8 Å². The number of primary amides is 1. The van der Waals surface area contributed by atoms with Crippen molar-refractivity contribution in [3.8, 4) is 0 Å². The van der Waals surface area contributed by atoms with E-state index >= 15 is 0 Å². The highest BCUT2D eigenvalue weighted by Gasteiger charge is 2.03. The maximum Gasteiger partial charge on any atom is 0.248 e. The SMILES string of the molecule is NC(=O)c1cccc(CNc2cc(F)cc(F)c2)c1. The Morgan fingerprint density at radius 2 is 1.79 bits per heavy atom. The minimum atomic E-state index is -0.645. The lowest BCUT2D eigenvalue weighted by molar-refractivity contribution is 0.1000. The van der Waals surface area contributed by atoms with Crippen LogP contribution in [0, 0.1) is 11.6 Å². The number of hydrogen-bond acceptors (Lipinski definition) is 2. The van der Waals surface area contributed by atoms with Gasteiger partial charge >= 0.3 is 0 Å². The molecule has 0 unspecified atom stereocenters. The van der Waals surface area contributed by atoms with Crippen LogP contribution in [0.3, 0.4) is 0 Å². The fraction of sp³-hybridized carbons (Fsp3) is 0.0714. The lowest BCUT2D eigenvalue weighted by Crippen LogP contribution is -2.11. The molecule has 3 nitrogen and oxygen atoms in total. The van der Waals surface area contributed by atoms with Crippen LogP contribution in [0.5, 0.6) is 0 Å². The number of carbonyl (C=O) groups excluding carboxylic acids is 1. The quantitative estimate of drug-likeness (QED) is 0.890. The van der Waals surface area contributed by atoms with Gasteiger partial charge in [0.05, 0.1) is 0 Å². The summed E-state index contributed by atoms with van der Waals surface area (Å²) < 4.78 is 26.0. The number of anilines is 1. The van der Waals surface area contributed by atoms with E-state index in [9.17, 15) is 13.6 Å². The Hall–Kier alpha value is -2.43. The predicted octanol–water partition coefficient (Wildman–Crippen LogP) is 2.68. The van der Waals surface area contributed by atoms with E-state index < -0.39 is 17.5 Å². The average Bonchev–Trinajstić information content (AvgIpc) is 2.35. The molecule has 0 aliphatic heterocycles. The van der Waals surface area contributed by atoms with E-state index in [4.69, 9.17) is 5.73 Å². The Morgan fingerprint density at radius 1 is 1.11 bits per heavy atom. The summed E-state index contributed by atoms with van der Waals surface area (Å²) in [5.74, 6) is -1.81. The number of nitrogens with two attached hydrogens (primary N) is 1. The molecule has 0 aliphatic rings. The van der Waals surface area contributed by atoms with Crippen LogP contribution in [0.1, 0.15) is 15.9 Å². The van der Waals surface area contributed by atoms with Crippen molar-refractivity contribution in [2.45, 2.75) is 6.54 Å². The van der Waals surface area contributed by atoms with Crippen molar-refractivity contribution in [1.29, 1.82) is 0 Å². The van der Waals surface area contributed by atoms with Crippen LogP contribution >= 0.6 is 0 Å². The summed E-state index contributed by atoms with van der Waals surface area (Å²) in [6.45, 7) is 0.337. The van der Waals surface area contributed by atoms with Crippen molar-refractivity contribution in [2.75, 3.05) is 5.32 Å². The number of rotatable bonds is 4. The Morgan fingerprint density at radius 3 is 2.42 bits per heavy atom. The fourth-order valence-electron chi connectivity index (χ4n) is 1.69. The molecular formula is C14H12F2N2O. The third-order valence-electron chi connectivity index (χ3n) is 2.57. The average molecular weight is 262 g/mol. The van der Waals surface area contributed by atoms with Gasteiger partial charge in [-0.15, -0.1) is 0 Å². The first-order valence-corrected chi connectivity index (χ1v) is 5.63. The summed E-state index contributed by atoms with van der Waals surface area (Å²) in [6.07, 6.45) is 0. The highest BCUT2D eigenvalue weighted by atomic mass is 19.1. The maximum absolute atomic E-state index is 13.0. The van der Waals surface area contributed by atoms with Crippen molar-refractivity contribution in [1.82, 2.24) is 0 Å². The van der Waals surface area contributed by atoms with Crippen molar-refractivity contribution in [3.05, 3.63) is 65.2 Å². The van der Waals surface area contributed by atoms with E-state index in [-0.39, 0.29) is 0 Å². The van der Waals surface area contributed by atoms with E-state index in [0.717, 1.165) is 11.6 Å². The second kappa shape index (κ2) is 5.48. The molecule has 2 aromatic rings. The van der Waals surface area contributed by atoms with Crippen LogP contribution < -0.4 is 11.1 Å². The zero-order valence-electron chi connectivity index (χ0n) is 9.99. The lowest BCUT2D eigenvalue weighted by Gasteiger charge is -2.07. The predicted molar refractivity (Wildman–Crippen MR) is 68.6 cm³/mol. The molecule has 0 aromatic heterocycles. The van der Waals surface area contributed by atoms with Crippen molar-refractivity contribution in [2.24, 2.45) is 5.73 Å². The molecular weight excluding hydrogens is 250 g/mol. The molecule has 0 aliphatic carbocycles. The minimum Gasteiger partial charge on any atom is -0.381 e. The molecule has 0 saturated carbocycles. The van der Waals surface area contributed by atoms with E-state index in [1.807, 2.05) is 0 Å². The summed E-state index contributed by atoms with van der Waals surface area (Å²) in [5.41, 5.74) is 6.69. The van der Waals surface area contributed by atoms with Crippen LogP contribution in [0.15, 0.2) is 42.5 Å². The largest absolute Gasteiger partial charge is 0.381 e. The highest BCUT2D eigenvalue weighted by molar-refractivity contribution is 5.92. The first kappa shape index (κ1) is 13.0. The van der Waals surface area contributed by atoms with Crippen LogP contribution in [-0.4, -0.2) is 5.91 Å². The Kier molecular flexibility index (Phi) is 3.75. The molecule has 3 N–H and O–H groups in total. The Bertz CT molecular complexity index is 594. The molecule has 0 radical (unpaired) electrons. The van der Waals surface area contributed by atoms with E-state index in [0.29, 0.717) is 17.8 Å². The Balaban J connectivity index is 2.10. The molecule has 0 fully saturated rings. The van der Waals surface area contributed by atoms with Crippen molar-refractivity contribution < 1.29 is 13.6 Å². The van der Waals surface area contributed by atoms with Crippen LogP contribution in [0.25, 0.3) is 0 Å². The van der Waals surface area contributed by atoms with Crippen LogP contribution in [0.2, 0.25) is 0 Å². The Labute approximate surface area is 109 Å². The second-order valence-electron chi connectivity index (χ2n) is 4.08. The fourth-order valence-corrected chi connectivity index (χ4v) is 1.69. The number of benzene rings is 2. The zero-order chi connectivity index (χ0) is 13.8. The maximum atomic E-state index is 13.0. The van der Waals surface area contributed by atoms with E-state index in [1.165, 1.54) is 12.1 Å². The van der Waals surface area contributed by atoms with Gasteiger partial charge in [-0.25, -0.2) is 8.78 Å². The summed E-state index contributed by atoms with van der Waals surface area (Å²) in [6, 6.07) is 9.91. The minimum absolute atomic E-state index is 0.335. The molecule has 0 heterocycles. The summed E-state index contributed by atoms with van der Waals surface area (Å²) >= 11 is 0.